The average molecular weight is 283 g/mol. The fourth-order valence-corrected chi connectivity index (χ4v) is 0.307. The molecule has 3 nitrogen and oxygen atoms in total. The first kappa shape index (κ1) is 7.80. The van der Waals surface area contributed by atoms with E-state index in [1.807, 2.05) is 6.92 Å². The van der Waals surface area contributed by atoms with Gasteiger partial charge >= 0.3 is 0 Å². The van der Waals surface area contributed by atoms with E-state index in [2.05, 4.69) is 21.1 Å². The van der Waals surface area contributed by atoms with Crippen LogP contribution < -0.4 is 0 Å². The van der Waals surface area contributed by atoms with E-state index in [1.165, 1.54) is 0 Å². The SMILES string of the molecule is CCc1[c-]non1.[Re]. The molecular formula is C4H5N2ORe-. The van der Waals surface area contributed by atoms with Crippen LogP contribution in [0, 0.1) is 6.20 Å². The largest absolute Gasteiger partial charge is 0.297 e. The van der Waals surface area contributed by atoms with Crippen molar-refractivity contribution in [1.29, 1.82) is 0 Å². The van der Waals surface area contributed by atoms with E-state index in [-0.39, 0.29) is 20.4 Å². The second-order valence-corrected chi connectivity index (χ2v) is 1.18. The van der Waals surface area contributed by atoms with Crippen molar-refractivity contribution < 1.29 is 25.1 Å². The molecule has 1 rings (SSSR count). The second kappa shape index (κ2) is 3.76. The van der Waals surface area contributed by atoms with E-state index < -0.39 is 0 Å². The molecule has 0 aromatic carbocycles. The maximum atomic E-state index is 4.25. The predicted molar refractivity (Wildman–Crippen MR) is 22.5 cm³/mol. The van der Waals surface area contributed by atoms with Gasteiger partial charge in [-0.15, -0.1) is 0 Å². The number of rotatable bonds is 1. The van der Waals surface area contributed by atoms with Crippen molar-refractivity contribution in [3.63, 3.8) is 0 Å². The van der Waals surface area contributed by atoms with Crippen LogP contribution in [0.5, 0.6) is 0 Å². The molecule has 0 aliphatic carbocycles. The van der Waals surface area contributed by atoms with Crippen molar-refractivity contribution in [1.82, 2.24) is 10.3 Å². The topological polar surface area (TPSA) is 38.9 Å². The Labute approximate surface area is 61.1 Å². The fraction of sp³-hybridized carbons (Fsp3) is 0.500. The molecule has 0 aliphatic heterocycles. The molecule has 8 heavy (non-hydrogen) atoms. The van der Waals surface area contributed by atoms with Gasteiger partial charge in [-0.2, -0.15) is 0 Å². The molecule has 1 aromatic rings. The van der Waals surface area contributed by atoms with Crippen molar-refractivity contribution in [2.75, 3.05) is 0 Å². The van der Waals surface area contributed by atoms with Crippen LogP contribution in [0.4, 0.5) is 0 Å². The van der Waals surface area contributed by atoms with Gasteiger partial charge in [0.15, 0.2) is 0 Å². The van der Waals surface area contributed by atoms with E-state index in [9.17, 15) is 0 Å². The quantitative estimate of drug-likeness (QED) is 0.702. The van der Waals surface area contributed by atoms with Gasteiger partial charge in [-0.25, -0.2) is 0 Å². The molecule has 0 fully saturated rings. The molecule has 0 aliphatic rings. The van der Waals surface area contributed by atoms with Crippen LogP contribution in [0.15, 0.2) is 4.63 Å². The zero-order valence-corrected chi connectivity index (χ0v) is 7.10. The molecule has 4 heteroatoms. The number of hydrogen-bond donors (Lipinski definition) is 0. The summed E-state index contributed by atoms with van der Waals surface area (Å²) in [6, 6.07) is 0. The summed E-state index contributed by atoms with van der Waals surface area (Å²) in [6.45, 7) is 1.97. The Morgan fingerprint density at radius 1 is 1.75 bits per heavy atom. The molecule has 0 saturated heterocycles. The van der Waals surface area contributed by atoms with Crippen LogP contribution in [-0.4, -0.2) is 10.3 Å². The summed E-state index contributed by atoms with van der Waals surface area (Å²) in [7, 11) is 0. The van der Waals surface area contributed by atoms with E-state index in [0.29, 0.717) is 0 Å². The van der Waals surface area contributed by atoms with Gasteiger partial charge in [0.1, 0.15) is 0 Å². The first-order valence-electron chi connectivity index (χ1n) is 2.12. The van der Waals surface area contributed by atoms with Gasteiger partial charge in [0.25, 0.3) is 0 Å². The number of nitrogens with zero attached hydrogens (tertiary/aromatic N) is 2. The Hall–Kier alpha value is -0.198. The molecule has 0 atom stereocenters. The zero-order chi connectivity index (χ0) is 5.11. The molecule has 0 bridgehead atoms. The Morgan fingerprint density at radius 2 is 2.50 bits per heavy atom. The Morgan fingerprint density at radius 3 is 2.75 bits per heavy atom. The average Bonchev–Trinajstić information content (AvgIpc) is 2.14. The van der Waals surface area contributed by atoms with Crippen molar-refractivity contribution in [3.8, 4) is 0 Å². The summed E-state index contributed by atoms with van der Waals surface area (Å²) in [4.78, 5) is 0. The third-order valence-corrected chi connectivity index (χ3v) is 0.701. The van der Waals surface area contributed by atoms with E-state index in [1.54, 1.807) is 0 Å². The summed E-state index contributed by atoms with van der Waals surface area (Å²) >= 11 is 0. The van der Waals surface area contributed by atoms with Crippen LogP contribution in [0.3, 0.4) is 0 Å². The number of aromatic nitrogens is 2. The third kappa shape index (κ3) is 1.73. The maximum Gasteiger partial charge on any atom is 0 e. The van der Waals surface area contributed by atoms with Crippen LogP contribution in [0.2, 0.25) is 0 Å². The molecule has 1 aromatic heterocycles. The van der Waals surface area contributed by atoms with Gasteiger partial charge in [-0.05, 0) is 6.42 Å². The van der Waals surface area contributed by atoms with Crippen molar-refractivity contribution >= 4 is 0 Å². The van der Waals surface area contributed by atoms with Gasteiger partial charge < -0.3 is 0 Å². The van der Waals surface area contributed by atoms with Crippen molar-refractivity contribution in [2.24, 2.45) is 0 Å². The van der Waals surface area contributed by atoms with Crippen molar-refractivity contribution in [2.45, 2.75) is 13.3 Å². The maximum absolute atomic E-state index is 4.25. The molecule has 1 radical (unpaired) electrons. The second-order valence-electron chi connectivity index (χ2n) is 1.18. The summed E-state index contributed by atoms with van der Waals surface area (Å²) in [5.74, 6) is 0. The molecule has 45 valence electrons. The smallest absolute Gasteiger partial charge is 0 e. The van der Waals surface area contributed by atoms with Gasteiger partial charge in [-0.1, -0.05) is 17.8 Å². The first-order valence-corrected chi connectivity index (χ1v) is 2.12. The van der Waals surface area contributed by atoms with E-state index in [4.69, 9.17) is 0 Å². The summed E-state index contributed by atoms with van der Waals surface area (Å²) in [5, 5.41) is 6.77. The molecule has 0 saturated carbocycles. The summed E-state index contributed by atoms with van der Waals surface area (Å²) in [5.41, 5.74) is 0.778. The molecule has 0 spiro atoms. The first-order chi connectivity index (χ1) is 3.43. The normalized spacial score (nSPS) is 8.12. The Bertz CT molecular complexity index is 129. The molecule has 0 N–H and O–H groups in total. The minimum atomic E-state index is 0. The fourth-order valence-electron chi connectivity index (χ4n) is 0.307. The Balaban J connectivity index is 0.000000490. The van der Waals surface area contributed by atoms with Gasteiger partial charge in [-0.3, -0.25) is 16.0 Å². The summed E-state index contributed by atoms with van der Waals surface area (Å²) < 4.78 is 4.25. The standard InChI is InChI=1S/C4H5N2O.Re/c1-2-4-3-5-7-6-4;/h2H2,1H3;/q-1;. The van der Waals surface area contributed by atoms with Gasteiger partial charge in [0.05, 0.1) is 0 Å². The van der Waals surface area contributed by atoms with Crippen LogP contribution in [0.25, 0.3) is 0 Å². The number of aryl methyl sites for hydroxylation is 1. The third-order valence-electron chi connectivity index (χ3n) is 0.701. The molecule has 0 amide bonds. The van der Waals surface area contributed by atoms with Gasteiger partial charge in [0.2, 0.25) is 0 Å². The molecule has 1 heterocycles. The number of hydrogen-bond acceptors (Lipinski definition) is 3. The monoisotopic (exact) mass is 284 g/mol. The molecular weight excluding hydrogens is 278 g/mol. The van der Waals surface area contributed by atoms with Crippen molar-refractivity contribution in [3.05, 3.63) is 11.9 Å². The van der Waals surface area contributed by atoms with E-state index in [0.717, 1.165) is 12.1 Å². The summed E-state index contributed by atoms with van der Waals surface area (Å²) in [6.07, 6.45) is 3.40. The van der Waals surface area contributed by atoms with Crippen LogP contribution >= 0.6 is 0 Å². The molecule has 0 unspecified atom stereocenters. The van der Waals surface area contributed by atoms with Gasteiger partial charge in [0, 0.05) is 20.4 Å². The van der Waals surface area contributed by atoms with Crippen LogP contribution in [-0.2, 0) is 26.8 Å². The predicted octanol–water partition coefficient (Wildman–Crippen LogP) is 0.430. The zero-order valence-electron chi connectivity index (χ0n) is 4.39. The van der Waals surface area contributed by atoms with Crippen LogP contribution in [0.1, 0.15) is 12.6 Å². The Kier molecular flexibility index (Phi) is 3.67. The van der Waals surface area contributed by atoms with E-state index >= 15 is 0 Å². The minimum absolute atomic E-state index is 0. The minimum Gasteiger partial charge on any atom is -0.297 e.